The minimum absolute atomic E-state index is 0.317. The summed E-state index contributed by atoms with van der Waals surface area (Å²) >= 11 is 0. The van der Waals surface area contributed by atoms with Gasteiger partial charge in [-0.05, 0) is 62.0 Å². The Labute approximate surface area is 229 Å². The van der Waals surface area contributed by atoms with Crippen LogP contribution >= 0.6 is 0 Å². The van der Waals surface area contributed by atoms with Gasteiger partial charge in [0.2, 0.25) is 5.91 Å². The van der Waals surface area contributed by atoms with Crippen molar-refractivity contribution in [1.29, 1.82) is 0 Å². The number of amidine groups is 1. The highest BCUT2D eigenvalue weighted by atomic mass is 16.5. The van der Waals surface area contributed by atoms with Gasteiger partial charge < -0.3 is 25.2 Å². The Kier molecular flexibility index (Phi) is 9.98. The van der Waals surface area contributed by atoms with Crippen LogP contribution in [0.3, 0.4) is 0 Å². The van der Waals surface area contributed by atoms with Crippen LogP contribution in [0, 0.1) is 0 Å². The number of likely N-dealkylation sites (N-methyl/N-ethyl adjacent to an activating group) is 1. The SMILES string of the molecule is C=CC(=O)Nc1cc(/C(=N\C=N/C)Nc2cccc(-n3cccn3)c2)ccc1OCCCN1CCN(C)CC1. The van der Waals surface area contributed by atoms with E-state index in [2.05, 4.69) is 49.1 Å². The first kappa shape index (κ1) is 27.7. The Balaban J connectivity index is 1.50. The summed E-state index contributed by atoms with van der Waals surface area (Å²) in [4.78, 5) is 25.5. The molecule has 2 N–H and O–H groups in total. The predicted molar refractivity (Wildman–Crippen MR) is 157 cm³/mol. The lowest BCUT2D eigenvalue weighted by Gasteiger charge is -2.32. The molecule has 0 aliphatic carbocycles. The van der Waals surface area contributed by atoms with E-state index in [1.807, 2.05) is 54.7 Å². The molecule has 0 atom stereocenters. The number of anilines is 2. The number of aromatic nitrogens is 2. The third-order valence-corrected chi connectivity index (χ3v) is 6.35. The number of benzene rings is 2. The van der Waals surface area contributed by atoms with E-state index in [0.29, 0.717) is 23.9 Å². The maximum Gasteiger partial charge on any atom is 0.247 e. The molecule has 2 aromatic carbocycles. The molecule has 1 saturated heterocycles. The van der Waals surface area contributed by atoms with Crippen LogP contribution in [0.15, 0.2) is 83.6 Å². The van der Waals surface area contributed by atoms with Gasteiger partial charge in [0.05, 0.1) is 18.0 Å². The second-order valence-electron chi connectivity index (χ2n) is 9.23. The Hall–Kier alpha value is -4.28. The Morgan fingerprint density at radius 3 is 2.72 bits per heavy atom. The molecule has 3 aromatic rings. The average Bonchev–Trinajstić information content (AvgIpc) is 3.50. The van der Waals surface area contributed by atoms with Crippen LogP contribution in [0.4, 0.5) is 11.4 Å². The molecule has 0 radical (unpaired) electrons. The summed E-state index contributed by atoms with van der Waals surface area (Å²) < 4.78 is 7.89. The lowest BCUT2D eigenvalue weighted by Crippen LogP contribution is -2.44. The van der Waals surface area contributed by atoms with Crippen molar-refractivity contribution in [2.75, 3.05) is 64.1 Å². The van der Waals surface area contributed by atoms with E-state index in [0.717, 1.165) is 56.1 Å². The van der Waals surface area contributed by atoms with E-state index in [1.165, 1.54) is 12.4 Å². The number of carbonyl (C=O) groups is 1. The van der Waals surface area contributed by atoms with Crippen molar-refractivity contribution in [2.45, 2.75) is 6.42 Å². The van der Waals surface area contributed by atoms with E-state index in [9.17, 15) is 4.79 Å². The third kappa shape index (κ3) is 8.10. The van der Waals surface area contributed by atoms with Gasteiger partial charge in [-0.1, -0.05) is 12.6 Å². The highest BCUT2D eigenvalue weighted by molar-refractivity contribution is 6.12. The van der Waals surface area contributed by atoms with Gasteiger partial charge in [-0.3, -0.25) is 9.79 Å². The number of hydrogen-bond acceptors (Lipinski definition) is 6. The van der Waals surface area contributed by atoms with Crippen molar-refractivity contribution < 1.29 is 9.53 Å². The molecule has 1 aliphatic heterocycles. The van der Waals surface area contributed by atoms with E-state index in [-0.39, 0.29) is 5.91 Å². The molecule has 0 spiro atoms. The zero-order valence-corrected chi connectivity index (χ0v) is 22.6. The molecule has 204 valence electrons. The highest BCUT2D eigenvalue weighted by Gasteiger charge is 2.15. The maximum atomic E-state index is 12.2. The fourth-order valence-electron chi connectivity index (χ4n) is 4.21. The Bertz CT molecular complexity index is 1290. The number of amides is 1. The lowest BCUT2D eigenvalue weighted by molar-refractivity contribution is -0.111. The number of hydrogen-bond donors (Lipinski definition) is 2. The maximum absolute atomic E-state index is 12.2. The van der Waals surface area contributed by atoms with Gasteiger partial charge in [0.1, 0.15) is 17.9 Å². The van der Waals surface area contributed by atoms with Crippen molar-refractivity contribution in [3.8, 4) is 11.4 Å². The first-order chi connectivity index (χ1) is 19.1. The fraction of sp³-hybridized carbons (Fsp3) is 0.310. The van der Waals surface area contributed by atoms with Crippen molar-refractivity contribution in [2.24, 2.45) is 9.98 Å². The molecule has 10 nitrogen and oxygen atoms in total. The molecule has 0 unspecified atom stereocenters. The average molecular weight is 529 g/mol. The molecule has 0 saturated carbocycles. The molecule has 39 heavy (non-hydrogen) atoms. The minimum Gasteiger partial charge on any atom is -0.491 e. The summed E-state index contributed by atoms with van der Waals surface area (Å²) in [5.74, 6) is 0.841. The molecule has 10 heteroatoms. The molecule has 1 fully saturated rings. The van der Waals surface area contributed by atoms with E-state index in [4.69, 9.17) is 4.74 Å². The molecule has 1 amide bonds. The second kappa shape index (κ2) is 14.0. The van der Waals surface area contributed by atoms with E-state index < -0.39 is 0 Å². The van der Waals surface area contributed by atoms with Crippen LogP contribution in [-0.2, 0) is 4.79 Å². The van der Waals surface area contributed by atoms with Crippen molar-refractivity contribution >= 4 is 29.5 Å². The van der Waals surface area contributed by atoms with E-state index in [1.54, 1.807) is 17.9 Å². The Morgan fingerprint density at radius 1 is 1.13 bits per heavy atom. The quantitative estimate of drug-likeness (QED) is 0.171. The first-order valence-corrected chi connectivity index (χ1v) is 13.0. The summed E-state index contributed by atoms with van der Waals surface area (Å²) in [6.45, 7) is 9.44. The first-order valence-electron chi connectivity index (χ1n) is 13.0. The normalized spacial score (nSPS) is 14.9. The van der Waals surface area contributed by atoms with Crippen LogP contribution < -0.4 is 15.4 Å². The smallest absolute Gasteiger partial charge is 0.247 e. The van der Waals surface area contributed by atoms with Crippen molar-refractivity contribution in [3.05, 3.63) is 79.1 Å². The molecule has 2 heterocycles. The van der Waals surface area contributed by atoms with Crippen LogP contribution in [-0.4, -0.2) is 91.1 Å². The largest absolute Gasteiger partial charge is 0.491 e. The molecular weight excluding hydrogens is 492 g/mol. The van der Waals surface area contributed by atoms with Crippen LogP contribution in [0.1, 0.15) is 12.0 Å². The van der Waals surface area contributed by atoms with Gasteiger partial charge in [-0.25, -0.2) is 9.67 Å². The number of nitrogens with zero attached hydrogens (tertiary/aromatic N) is 6. The number of aliphatic imine (C=N–C) groups is 2. The van der Waals surface area contributed by atoms with Crippen molar-refractivity contribution in [3.63, 3.8) is 0 Å². The van der Waals surface area contributed by atoms with Gasteiger partial charge in [0, 0.05) is 63.4 Å². The third-order valence-electron chi connectivity index (χ3n) is 6.35. The van der Waals surface area contributed by atoms with Gasteiger partial charge in [-0.15, -0.1) is 0 Å². The van der Waals surface area contributed by atoms with Crippen LogP contribution in [0.5, 0.6) is 5.75 Å². The number of piperazine rings is 1. The van der Waals surface area contributed by atoms with Crippen LogP contribution in [0.2, 0.25) is 0 Å². The summed E-state index contributed by atoms with van der Waals surface area (Å²) in [6.07, 6.45) is 7.23. The number of nitrogens with one attached hydrogen (secondary N) is 2. The summed E-state index contributed by atoms with van der Waals surface area (Å²) in [5, 5.41) is 10.5. The zero-order chi connectivity index (χ0) is 27.5. The lowest BCUT2D eigenvalue weighted by atomic mass is 10.1. The monoisotopic (exact) mass is 528 g/mol. The predicted octanol–water partition coefficient (Wildman–Crippen LogP) is 3.53. The summed E-state index contributed by atoms with van der Waals surface area (Å²) in [7, 11) is 3.82. The van der Waals surface area contributed by atoms with Gasteiger partial charge >= 0.3 is 0 Å². The summed E-state index contributed by atoms with van der Waals surface area (Å²) in [5.41, 5.74) is 3.04. The Morgan fingerprint density at radius 2 is 1.97 bits per heavy atom. The zero-order valence-electron chi connectivity index (χ0n) is 22.6. The molecular formula is C29H36N8O2. The molecule has 1 aromatic heterocycles. The fourth-order valence-corrected chi connectivity index (χ4v) is 4.21. The van der Waals surface area contributed by atoms with Gasteiger partial charge in [-0.2, -0.15) is 5.10 Å². The standard InChI is InChI=1S/C29H36N8O2/c1-4-28(38)34-26-20-23(10-11-27(26)39-19-7-13-36-17-15-35(3)16-18-36)29(31-22-30-2)33-24-8-5-9-25(21-24)37-14-6-12-32-37/h4-6,8-12,14,20-22H,1,7,13,15-19H2,2-3H3,(H,34,38)(H,30,31,33). The topological polar surface area (TPSA) is 99.4 Å². The second-order valence-corrected chi connectivity index (χ2v) is 9.23. The van der Waals surface area contributed by atoms with Crippen LogP contribution in [0.25, 0.3) is 5.69 Å². The summed E-state index contributed by atoms with van der Waals surface area (Å²) in [6, 6.07) is 15.3. The minimum atomic E-state index is -0.317. The number of rotatable bonds is 11. The van der Waals surface area contributed by atoms with Crippen molar-refractivity contribution in [1.82, 2.24) is 19.6 Å². The van der Waals surface area contributed by atoms with Gasteiger partial charge in [0.15, 0.2) is 0 Å². The van der Waals surface area contributed by atoms with E-state index >= 15 is 0 Å². The molecule has 4 rings (SSSR count). The van der Waals surface area contributed by atoms with Gasteiger partial charge in [0.25, 0.3) is 0 Å². The molecule has 1 aliphatic rings. The molecule has 0 bridgehead atoms. The highest BCUT2D eigenvalue weighted by Crippen LogP contribution is 2.27. The number of ether oxygens (including phenoxy) is 1. The number of carbonyl (C=O) groups excluding carboxylic acids is 1.